The van der Waals surface area contributed by atoms with Gasteiger partial charge in [-0.1, -0.05) is 54.9 Å². The minimum Gasteiger partial charge on any atom is -0.294 e. The van der Waals surface area contributed by atoms with Gasteiger partial charge in [0.2, 0.25) is 10.0 Å². The molecule has 4 nitrogen and oxygen atoms in total. The van der Waals surface area contributed by atoms with Crippen molar-refractivity contribution in [1.82, 2.24) is 4.72 Å². The van der Waals surface area contributed by atoms with Crippen molar-refractivity contribution in [1.29, 1.82) is 0 Å². The molecular formula is C17H18ClNO3S. The van der Waals surface area contributed by atoms with E-state index < -0.39 is 10.0 Å². The molecule has 0 radical (unpaired) electrons. The van der Waals surface area contributed by atoms with Crippen LogP contribution in [0.5, 0.6) is 0 Å². The van der Waals surface area contributed by atoms with Crippen LogP contribution in [0, 0.1) is 0 Å². The summed E-state index contributed by atoms with van der Waals surface area (Å²) in [6, 6.07) is 13.5. The summed E-state index contributed by atoms with van der Waals surface area (Å²) < 4.78 is 26.9. The summed E-state index contributed by atoms with van der Waals surface area (Å²) in [7, 11) is -3.62. The monoisotopic (exact) mass is 351 g/mol. The van der Waals surface area contributed by atoms with Gasteiger partial charge in [-0.25, -0.2) is 13.1 Å². The molecule has 0 bridgehead atoms. The van der Waals surface area contributed by atoms with E-state index in [1.54, 1.807) is 30.3 Å². The number of sulfonamides is 1. The van der Waals surface area contributed by atoms with E-state index in [9.17, 15) is 13.2 Å². The van der Waals surface area contributed by atoms with E-state index in [1.807, 2.05) is 19.1 Å². The predicted octanol–water partition coefficient (Wildman–Crippen LogP) is 3.45. The van der Waals surface area contributed by atoms with Gasteiger partial charge in [0, 0.05) is 18.5 Å². The van der Waals surface area contributed by atoms with E-state index in [-0.39, 0.29) is 22.2 Å². The Morgan fingerprint density at radius 1 is 1.09 bits per heavy atom. The van der Waals surface area contributed by atoms with Gasteiger partial charge in [0.15, 0.2) is 5.78 Å². The molecule has 0 aliphatic carbocycles. The van der Waals surface area contributed by atoms with E-state index >= 15 is 0 Å². The summed E-state index contributed by atoms with van der Waals surface area (Å²) in [6.45, 7) is 2.08. The molecule has 0 heterocycles. The number of benzene rings is 2. The van der Waals surface area contributed by atoms with Crippen LogP contribution in [0.15, 0.2) is 53.4 Å². The minimum atomic E-state index is -3.62. The van der Waals surface area contributed by atoms with Crippen molar-refractivity contribution in [3.05, 3.63) is 64.7 Å². The smallest absolute Gasteiger partial charge is 0.242 e. The second-order valence-electron chi connectivity index (χ2n) is 5.05. The van der Waals surface area contributed by atoms with Gasteiger partial charge in [-0.05, 0) is 24.1 Å². The summed E-state index contributed by atoms with van der Waals surface area (Å²) in [5.74, 6) is 0.0935. The van der Waals surface area contributed by atoms with Crippen LogP contribution in [-0.2, 0) is 16.4 Å². The number of Topliss-reactive ketones (excluding diaryl/α,β-unsaturated/α-hetero) is 1. The van der Waals surface area contributed by atoms with Gasteiger partial charge in [0.25, 0.3) is 0 Å². The van der Waals surface area contributed by atoms with Crippen molar-refractivity contribution in [2.24, 2.45) is 0 Å². The van der Waals surface area contributed by atoms with Gasteiger partial charge < -0.3 is 0 Å². The number of nitrogens with one attached hydrogen (secondary N) is 1. The molecule has 0 spiro atoms. The molecule has 0 atom stereocenters. The minimum absolute atomic E-state index is 0.0746. The number of carbonyl (C=O) groups excluding carboxylic acids is 1. The van der Waals surface area contributed by atoms with E-state index in [4.69, 9.17) is 11.6 Å². The van der Waals surface area contributed by atoms with Crippen LogP contribution in [0.25, 0.3) is 0 Å². The highest BCUT2D eigenvalue weighted by atomic mass is 35.5. The maximum absolute atomic E-state index is 12.2. The van der Waals surface area contributed by atoms with Crippen molar-refractivity contribution in [2.75, 3.05) is 6.54 Å². The van der Waals surface area contributed by atoms with Gasteiger partial charge in [-0.3, -0.25) is 4.79 Å². The Balaban J connectivity index is 1.97. The Labute approximate surface area is 141 Å². The third-order valence-corrected chi connectivity index (χ3v) is 5.39. The Hall–Kier alpha value is -1.69. The number of ketones is 1. The first kappa shape index (κ1) is 17.7. The molecule has 2 rings (SSSR count). The molecule has 2 aromatic carbocycles. The van der Waals surface area contributed by atoms with Crippen LogP contribution in [0.4, 0.5) is 0 Å². The average Bonchev–Trinajstić information content (AvgIpc) is 2.55. The summed E-state index contributed by atoms with van der Waals surface area (Å²) in [6.07, 6.45) is 1.00. The molecule has 6 heteroatoms. The molecule has 0 aliphatic rings. The molecule has 0 saturated carbocycles. The van der Waals surface area contributed by atoms with E-state index in [0.717, 1.165) is 5.56 Å². The van der Waals surface area contributed by atoms with Gasteiger partial charge in [-0.2, -0.15) is 0 Å². The first-order valence-electron chi connectivity index (χ1n) is 7.30. The molecular weight excluding hydrogens is 334 g/mol. The third-order valence-electron chi connectivity index (χ3n) is 3.43. The fraction of sp³-hybridized carbons (Fsp3) is 0.235. The van der Waals surface area contributed by atoms with Crippen LogP contribution in [0.2, 0.25) is 5.02 Å². The van der Waals surface area contributed by atoms with Gasteiger partial charge >= 0.3 is 0 Å². The molecule has 0 amide bonds. The van der Waals surface area contributed by atoms with Crippen LogP contribution in [0.1, 0.15) is 29.3 Å². The zero-order chi connectivity index (χ0) is 16.9. The largest absolute Gasteiger partial charge is 0.294 e. The standard InChI is InChI=1S/C17H18ClNO3S/c1-2-16(20)14-9-7-13(8-10-14)11-12-19-23(21,22)17-6-4-3-5-15(17)18/h3-10,19H,2,11-12H2,1H3. The third kappa shape index (κ3) is 4.64. The fourth-order valence-electron chi connectivity index (χ4n) is 2.13. The highest BCUT2D eigenvalue weighted by Crippen LogP contribution is 2.20. The molecule has 0 saturated heterocycles. The van der Waals surface area contributed by atoms with Crippen molar-refractivity contribution in [3.8, 4) is 0 Å². The molecule has 122 valence electrons. The van der Waals surface area contributed by atoms with Crippen molar-refractivity contribution < 1.29 is 13.2 Å². The second-order valence-corrected chi connectivity index (χ2v) is 7.19. The zero-order valence-corrected chi connectivity index (χ0v) is 14.3. The molecule has 2 aromatic rings. The first-order chi connectivity index (χ1) is 10.9. The highest BCUT2D eigenvalue weighted by Gasteiger charge is 2.16. The Morgan fingerprint density at radius 3 is 2.35 bits per heavy atom. The van der Waals surface area contributed by atoms with E-state index in [2.05, 4.69) is 4.72 Å². The maximum Gasteiger partial charge on any atom is 0.242 e. The molecule has 0 aromatic heterocycles. The lowest BCUT2D eigenvalue weighted by molar-refractivity contribution is 0.0988. The van der Waals surface area contributed by atoms with Gasteiger partial charge in [-0.15, -0.1) is 0 Å². The lowest BCUT2D eigenvalue weighted by Gasteiger charge is -2.08. The lowest BCUT2D eigenvalue weighted by atomic mass is 10.1. The van der Waals surface area contributed by atoms with Crippen molar-refractivity contribution in [2.45, 2.75) is 24.7 Å². The maximum atomic E-state index is 12.2. The fourth-order valence-corrected chi connectivity index (χ4v) is 3.68. The van der Waals surface area contributed by atoms with Gasteiger partial charge in [0.1, 0.15) is 4.90 Å². The molecule has 0 unspecified atom stereocenters. The second kappa shape index (κ2) is 7.73. The lowest BCUT2D eigenvalue weighted by Crippen LogP contribution is -2.26. The molecule has 0 fully saturated rings. The summed E-state index contributed by atoms with van der Waals surface area (Å²) in [5, 5.41) is 0.197. The number of hydrogen-bond acceptors (Lipinski definition) is 3. The highest BCUT2D eigenvalue weighted by molar-refractivity contribution is 7.89. The van der Waals surface area contributed by atoms with Crippen LogP contribution < -0.4 is 4.72 Å². The quantitative estimate of drug-likeness (QED) is 0.777. The van der Waals surface area contributed by atoms with Crippen molar-refractivity contribution >= 4 is 27.4 Å². The number of rotatable bonds is 7. The van der Waals surface area contributed by atoms with E-state index in [1.165, 1.54) is 6.07 Å². The Morgan fingerprint density at radius 2 is 1.74 bits per heavy atom. The molecule has 0 aliphatic heterocycles. The van der Waals surface area contributed by atoms with Crippen LogP contribution >= 0.6 is 11.6 Å². The van der Waals surface area contributed by atoms with Crippen LogP contribution in [-0.4, -0.2) is 20.7 Å². The SMILES string of the molecule is CCC(=O)c1ccc(CCNS(=O)(=O)c2ccccc2Cl)cc1. The Bertz CT molecular complexity index is 786. The number of hydrogen-bond donors (Lipinski definition) is 1. The number of halogens is 1. The zero-order valence-electron chi connectivity index (χ0n) is 12.8. The van der Waals surface area contributed by atoms with E-state index in [0.29, 0.717) is 18.4 Å². The van der Waals surface area contributed by atoms with Crippen molar-refractivity contribution in [3.63, 3.8) is 0 Å². The molecule has 23 heavy (non-hydrogen) atoms. The summed E-state index contributed by atoms with van der Waals surface area (Å²) >= 11 is 5.91. The summed E-state index contributed by atoms with van der Waals surface area (Å²) in [5.41, 5.74) is 1.63. The molecule has 1 N–H and O–H groups in total. The predicted molar refractivity (Wildman–Crippen MR) is 91.4 cm³/mol. The average molecular weight is 352 g/mol. The van der Waals surface area contributed by atoms with Gasteiger partial charge in [0.05, 0.1) is 5.02 Å². The normalized spacial score (nSPS) is 11.4. The topological polar surface area (TPSA) is 63.2 Å². The summed E-state index contributed by atoms with van der Waals surface area (Å²) in [4.78, 5) is 11.6. The number of carbonyl (C=O) groups is 1. The Kier molecular flexibility index (Phi) is 5.93. The first-order valence-corrected chi connectivity index (χ1v) is 9.16. The van der Waals surface area contributed by atoms with Crippen LogP contribution in [0.3, 0.4) is 0 Å².